The molecule has 0 spiro atoms. The average molecular weight is 345 g/mol. The van der Waals surface area contributed by atoms with Gasteiger partial charge in [-0.05, 0) is 30.3 Å². The molecule has 0 saturated carbocycles. The van der Waals surface area contributed by atoms with Crippen LogP contribution in [0.2, 0.25) is 0 Å². The summed E-state index contributed by atoms with van der Waals surface area (Å²) in [6.07, 6.45) is 1.45. The molecule has 2 heterocycles. The van der Waals surface area contributed by atoms with Crippen molar-refractivity contribution in [1.82, 2.24) is 10.3 Å². The van der Waals surface area contributed by atoms with Gasteiger partial charge >= 0.3 is 0 Å². The van der Waals surface area contributed by atoms with Crippen molar-refractivity contribution in [1.29, 1.82) is 0 Å². The number of nitrogens with zero attached hydrogens (tertiary/aromatic N) is 2. The topological polar surface area (TPSA) is 54.5 Å². The SMILES string of the molecule is CN1c2ccccc2C(=O)N[C@H]1c1ccccc1OCc1ccccn1. The van der Waals surface area contributed by atoms with Crippen LogP contribution in [-0.4, -0.2) is 17.9 Å². The zero-order valence-corrected chi connectivity index (χ0v) is 14.4. The minimum Gasteiger partial charge on any atom is -0.487 e. The molecular weight excluding hydrogens is 326 g/mol. The van der Waals surface area contributed by atoms with Crippen molar-refractivity contribution in [3.8, 4) is 5.75 Å². The zero-order valence-electron chi connectivity index (χ0n) is 14.4. The molecule has 1 atom stereocenters. The Morgan fingerprint density at radius 3 is 2.65 bits per heavy atom. The highest BCUT2D eigenvalue weighted by atomic mass is 16.5. The number of carbonyl (C=O) groups is 1. The van der Waals surface area contributed by atoms with Gasteiger partial charge in [0.1, 0.15) is 18.5 Å². The van der Waals surface area contributed by atoms with Crippen LogP contribution in [0.1, 0.15) is 27.8 Å². The van der Waals surface area contributed by atoms with Crippen molar-refractivity contribution in [3.05, 3.63) is 89.7 Å². The summed E-state index contributed by atoms with van der Waals surface area (Å²) >= 11 is 0. The van der Waals surface area contributed by atoms with E-state index in [4.69, 9.17) is 4.74 Å². The highest BCUT2D eigenvalue weighted by Crippen LogP contribution is 2.35. The van der Waals surface area contributed by atoms with Gasteiger partial charge in [0.15, 0.2) is 0 Å². The third kappa shape index (κ3) is 2.99. The summed E-state index contributed by atoms with van der Waals surface area (Å²) in [5.74, 6) is 0.651. The molecule has 1 N–H and O–H groups in total. The largest absolute Gasteiger partial charge is 0.487 e. The van der Waals surface area contributed by atoms with Crippen molar-refractivity contribution in [2.45, 2.75) is 12.8 Å². The number of pyridine rings is 1. The lowest BCUT2D eigenvalue weighted by molar-refractivity contribution is 0.0927. The summed E-state index contributed by atoms with van der Waals surface area (Å²) in [6, 6.07) is 21.1. The lowest BCUT2D eigenvalue weighted by Crippen LogP contribution is -2.44. The van der Waals surface area contributed by atoms with E-state index in [1.165, 1.54) is 0 Å². The van der Waals surface area contributed by atoms with E-state index in [-0.39, 0.29) is 12.1 Å². The van der Waals surface area contributed by atoms with E-state index in [0.29, 0.717) is 12.2 Å². The average Bonchev–Trinajstić information content (AvgIpc) is 2.70. The van der Waals surface area contributed by atoms with Gasteiger partial charge in [-0.1, -0.05) is 36.4 Å². The summed E-state index contributed by atoms with van der Waals surface area (Å²) < 4.78 is 6.01. The summed E-state index contributed by atoms with van der Waals surface area (Å²) in [5, 5.41) is 3.07. The first-order valence-corrected chi connectivity index (χ1v) is 8.48. The van der Waals surface area contributed by atoms with E-state index in [1.54, 1.807) is 6.20 Å². The van der Waals surface area contributed by atoms with Gasteiger partial charge in [-0.3, -0.25) is 9.78 Å². The molecule has 0 unspecified atom stereocenters. The Kier molecular flexibility index (Phi) is 4.27. The number of benzene rings is 2. The molecule has 1 aliphatic heterocycles. The van der Waals surface area contributed by atoms with Crippen molar-refractivity contribution in [3.63, 3.8) is 0 Å². The van der Waals surface area contributed by atoms with Gasteiger partial charge in [-0.15, -0.1) is 0 Å². The molecular formula is C21H19N3O2. The molecule has 5 nitrogen and oxygen atoms in total. The Bertz CT molecular complexity index is 927. The number of amides is 1. The van der Waals surface area contributed by atoms with Crippen molar-refractivity contribution in [2.24, 2.45) is 0 Å². The van der Waals surface area contributed by atoms with Gasteiger partial charge in [-0.2, -0.15) is 0 Å². The highest BCUT2D eigenvalue weighted by molar-refractivity contribution is 6.02. The first kappa shape index (κ1) is 16.1. The molecule has 5 heteroatoms. The van der Waals surface area contributed by atoms with Crippen molar-refractivity contribution in [2.75, 3.05) is 11.9 Å². The Labute approximate surface area is 152 Å². The highest BCUT2D eigenvalue weighted by Gasteiger charge is 2.30. The first-order valence-electron chi connectivity index (χ1n) is 8.48. The number of fused-ring (bicyclic) bond motifs is 1. The minimum absolute atomic E-state index is 0.0803. The van der Waals surface area contributed by atoms with Crippen LogP contribution in [0.5, 0.6) is 5.75 Å². The molecule has 1 amide bonds. The summed E-state index contributed by atoms with van der Waals surface area (Å²) in [4.78, 5) is 18.9. The first-order chi connectivity index (χ1) is 12.7. The molecule has 0 radical (unpaired) electrons. The maximum absolute atomic E-state index is 12.5. The van der Waals surface area contributed by atoms with E-state index in [0.717, 1.165) is 22.7 Å². The molecule has 1 aliphatic rings. The maximum atomic E-state index is 12.5. The smallest absolute Gasteiger partial charge is 0.255 e. The number of aromatic nitrogens is 1. The predicted molar refractivity (Wildman–Crippen MR) is 100 cm³/mol. The number of hydrogen-bond donors (Lipinski definition) is 1. The van der Waals surface area contributed by atoms with E-state index >= 15 is 0 Å². The van der Waals surface area contributed by atoms with Gasteiger partial charge in [0, 0.05) is 18.8 Å². The second-order valence-corrected chi connectivity index (χ2v) is 6.15. The zero-order chi connectivity index (χ0) is 17.9. The Morgan fingerprint density at radius 1 is 1.04 bits per heavy atom. The molecule has 0 saturated heterocycles. The van der Waals surface area contributed by atoms with Gasteiger partial charge in [-0.25, -0.2) is 0 Å². The van der Waals surface area contributed by atoms with Crippen LogP contribution in [0, 0.1) is 0 Å². The molecule has 26 heavy (non-hydrogen) atoms. The number of para-hydroxylation sites is 2. The second-order valence-electron chi connectivity index (χ2n) is 6.15. The van der Waals surface area contributed by atoms with Gasteiger partial charge in [0.2, 0.25) is 0 Å². The monoisotopic (exact) mass is 345 g/mol. The number of nitrogens with one attached hydrogen (secondary N) is 1. The summed E-state index contributed by atoms with van der Waals surface area (Å²) in [5.41, 5.74) is 3.35. The summed E-state index contributed by atoms with van der Waals surface area (Å²) in [6.45, 7) is 0.374. The number of hydrogen-bond acceptors (Lipinski definition) is 4. The number of ether oxygens (including phenoxy) is 1. The fourth-order valence-electron chi connectivity index (χ4n) is 3.17. The van der Waals surface area contributed by atoms with Crippen LogP contribution < -0.4 is 15.0 Å². The molecule has 0 fully saturated rings. The molecule has 0 aliphatic carbocycles. The molecule has 1 aromatic heterocycles. The normalized spacial score (nSPS) is 16.0. The van der Waals surface area contributed by atoms with E-state index in [9.17, 15) is 4.79 Å². The van der Waals surface area contributed by atoms with Gasteiger partial charge in [0.25, 0.3) is 5.91 Å². The molecule has 130 valence electrons. The standard InChI is InChI=1S/C21H19N3O2/c1-24-18-11-4-2-9-16(18)21(25)23-20(24)17-10-3-5-12-19(17)26-14-15-8-6-7-13-22-15/h2-13,20H,14H2,1H3,(H,23,25)/t20-/m1/s1. The maximum Gasteiger partial charge on any atom is 0.255 e. The Hall–Kier alpha value is -3.34. The Balaban J connectivity index is 1.63. The van der Waals surface area contributed by atoms with Crippen LogP contribution in [0.25, 0.3) is 0 Å². The van der Waals surface area contributed by atoms with E-state index in [2.05, 4.69) is 15.2 Å². The third-order valence-corrected chi connectivity index (χ3v) is 4.50. The fourth-order valence-corrected chi connectivity index (χ4v) is 3.17. The number of anilines is 1. The van der Waals surface area contributed by atoms with Crippen molar-refractivity contribution < 1.29 is 9.53 Å². The minimum atomic E-state index is -0.294. The van der Waals surface area contributed by atoms with Crippen LogP contribution in [0.3, 0.4) is 0 Å². The van der Waals surface area contributed by atoms with Crippen LogP contribution >= 0.6 is 0 Å². The van der Waals surface area contributed by atoms with E-state index < -0.39 is 0 Å². The molecule has 0 bridgehead atoms. The lowest BCUT2D eigenvalue weighted by Gasteiger charge is -2.37. The van der Waals surface area contributed by atoms with E-state index in [1.807, 2.05) is 73.8 Å². The number of rotatable bonds is 4. The third-order valence-electron chi connectivity index (χ3n) is 4.50. The summed E-state index contributed by atoms with van der Waals surface area (Å²) in [7, 11) is 1.97. The molecule has 2 aromatic carbocycles. The fraction of sp³-hybridized carbons (Fsp3) is 0.143. The lowest BCUT2D eigenvalue weighted by atomic mass is 10.0. The van der Waals surface area contributed by atoms with Crippen LogP contribution in [0.15, 0.2) is 72.9 Å². The van der Waals surface area contributed by atoms with Crippen LogP contribution in [0.4, 0.5) is 5.69 Å². The Morgan fingerprint density at radius 2 is 1.81 bits per heavy atom. The van der Waals surface area contributed by atoms with Crippen molar-refractivity contribution >= 4 is 11.6 Å². The quantitative estimate of drug-likeness (QED) is 0.786. The van der Waals surface area contributed by atoms with Gasteiger partial charge < -0.3 is 15.0 Å². The second kappa shape index (κ2) is 6.88. The molecule has 4 rings (SSSR count). The number of carbonyl (C=O) groups excluding carboxylic acids is 1. The van der Waals surface area contributed by atoms with Gasteiger partial charge in [0.05, 0.1) is 16.9 Å². The molecule has 3 aromatic rings. The van der Waals surface area contributed by atoms with Crippen LogP contribution in [-0.2, 0) is 6.61 Å². The predicted octanol–water partition coefficient (Wildman–Crippen LogP) is 3.54.